The van der Waals surface area contributed by atoms with E-state index in [9.17, 15) is 0 Å². The zero-order valence-corrected chi connectivity index (χ0v) is 33.0. The van der Waals surface area contributed by atoms with Crippen LogP contribution in [0.3, 0.4) is 0 Å². The Labute approximate surface area is 270 Å². The first-order valence-corrected chi connectivity index (χ1v) is 17.1. The van der Waals surface area contributed by atoms with E-state index in [4.69, 9.17) is 0 Å². The van der Waals surface area contributed by atoms with Gasteiger partial charge in [-0.25, -0.2) is 0 Å². The Morgan fingerprint density at radius 3 is 1.07 bits per heavy atom. The zero-order chi connectivity index (χ0) is 34.1. The zero-order valence-electron chi connectivity index (χ0n) is 33.0. The van der Waals surface area contributed by atoms with Gasteiger partial charge in [0, 0.05) is 0 Å². The Balaban J connectivity index is 3.13. The van der Waals surface area contributed by atoms with E-state index in [-0.39, 0.29) is 37.9 Å². The van der Waals surface area contributed by atoms with Gasteiger partial charge in [0.05, 0.1) is 0 Å². The fraction of sp³-hybridized carbons (Fsp3) is 0.721. The van der Waals surface area contributed by atoms with Crippen molar-refractivity contribution < 1.29 is 0 Å². The molecule has 2 rings (SSSR count). The minimum atomic E-state index is 0.0353. The van der Waals surface area contributed by atoms with Crippen molar-refractivity contribution in [2.75, 3.05) is 0 Å². The standard InChI is InChI=1S/C43H72/c1-27(29-23-24-30(37(2,3)4)34(41(14,15)16)33(29)40(11,12)13)25-28-26-31(38(5,6)7)35(42(17,18)19)36(43(20,21)22)32(28)39(8,9)10/h23-24,26-27H,25H2,1-22H3. The average molecular weight is 589 g/mol. The third-order valence-electron chi connectivity index (χ3n) is 9.07. The molecule has 1 unspecified atom stereocenters. The lowest BCUT2D eigenvalue weighted by molar-refractivity contribution is 0.471. The Hall–Kier alpha value is -1.56. The maximum atomic E-state index is 2.64. The fourth-order valence-corrected chi connectivity index (χ4v) is 7.56. The van der Waals surface area contributed by atoms with Crippen LogP contribution in [0.4, 0.5) is 0 Å². The molecule has 0 aliphatic heterocycles. The second kappa shape index (κ2) is 11.4. The Morgan fingerprint density at radius 2 is 0.744 bits per heavy atom. The summed E-state index contributed by atoms with van der Waals surface area (Å²) in [5.41, 5.74) is 14.3. The monoisotopic (exact) mass is 589 g/mol. The van der Waals surface area contributed by atoms with Gasteiger partial charge in [0.25, 0.3) is 0 Å². The van der Waals surface area contributed by atoms with E-state index in [2.05, 4.69) is 171 Å². The molecular formula is C43H72. The van der Waals surface area contributed by atoms with Gasteiger partial charge in [0.2, 0.25) is 0 Å². The van der Waals surface area contributed by atoms with E-state index in [1.165, 1.54) is 16.7 Å². The number of rotatable bonds is 3. The Bertz CT molecular complexity index is 1290. The van der Waals surface area contributed by atoms with Crippen LogP contribution in [0.5, 0.6) is 0 Å². The molecule has 0 spiro atoms. The van der Waals surface area contributed by atoms with Crippen LogP contribution >= 0.6 is 0 Å². The van der Waals surface area contributed by atoms with E-state index in [1.54, 1.807) is 33.4 Å². The molecule has 1 atom stereocenters. The molecular weight excluding hydrogens is 516 g/mol. The van der Waals surface area contributed by atoms with Gasteiger partial charge in [0.15, 0.2) is 0 Å². The number of hydrogen-bond acceptors (Lipinski definition) is 0. The first kappa shape index (κ1) is 37.6. The quantitative estimate of drug-likeness (QED) is 0.334. The highest BCUT2D eigenvalue weighted by molar-refractivity contribution is 5.58. The molecule has 0 saturated heterocycles. The molecule has 0 bridgehead atoms. The summed E-state index contributed by atoms with van der Waals surface area (Å²) in [4.78, 5) is 0. The van der Waals surface area contributed by atoms with Gasteiger partial charge >= 0.3 is 0 Å². The molecule has 2 aromatic carbocycles. The van der Waals surface area contributed by atoms with Crippen molar-refractivity contribution in [2.45, 2.75) is 203 Å². The predicted octanol–water partition coefficient (Wildman–Crippen LogP) is 13.1. The summed E-state index contributed by atoms with van der Waals surface area (Å²) in [7, 11) is 0. The molecule has 0 amide bonds. The number of benzene rings is 2. The van der Waals surface area contributed by atoms with Crippen molar-refractivity contribution >= 4 is 0 Å². The second-order valence-corrected chi connectivity index (χ2v) is 21.0. The lowest BCUT2D eigenvalue weighted by atomic mass is 9.62. The second-order valence-electron chi connectivity index (χ2n) is 21.0. The largest absolute Gasteiger partial charge is 0.0581 e. The molecule has 0 aromatic heterocycles. The third kappa shape index (κ3) is 8.19. The van der Waals surface area contributed by atoms with E-state index >= 15 is 0 Å². The minimum Gasteiger partial charge on any atom is -0.0581 e. The summed E-state index contributed by atoms with van der Waals surface area (Å²) in [6.07, 6.45) is 1.05. The molecule has 2 aromatic rings. The Kier molecular flexibility index (Phi) is 9.93. The van der Waals surface area contributed by atoms with Crippen LogP contribution in [-0.2, 0) is 44.3 Å². The van der Waals surface area contributed by atoms with E-state index in [1.807, 2.05) is 0 Å². The van der Waals surface area contributed by atoms with Gasteiger partial charge in [-0.2, -0.15) is 0 Å². The van der Waals surface area contributed by atoms with E-state index < -0.39 is 0 Å². The average Bonchev–Trinajstić information content (AvgIpc) is 2.72. The van der Waals surface area contributed by atoms with E-state index in [0.29, 0.717) is 5.92 Å². The van der Waals surface area contributed by atoms with Crippen molar-refractivity contribution in [1.82, 2.24) is 0 Å². The van der Waals surface area contributed by atoms with Crippen LogP contribution in [0.2, 0.25) is 0 Å². The first-order chi connectivity index (χ1) is 18.7. The van der Waals surface area contributed by atoms with Crippen molar-refractivity contribution in [1.29, 1.82) is 0 Å². The molecule has 0 heterocycles. The predicted molar refractivity (Wildman–Crippen MR) is 196 cm³/mol. The molecule has 0 aliphatic rings. The number of hydrogen-bond donors (Lipinski definition) is 0. The first-order valence-electron chi connectivity index (χ1n) is 17.1. The molecule has 0 radical (unpaired) electrons. The van der Waals surface area contributed by atoms with Crippen molar-refractivity contribution in [2.24, 2.45) is 0 Å². The van der Waals surface area contributed by atoms with Crippen LogP contribution in [0.1, 0.15) is 208 Å². The highest BCUT2D eigenvalue weighted by Gasteiger charge is 2.39. The summed E-state index contributed by atoms with van der Waals surface area (Å²) in [6, 6.07) is 7.60. The van der Waals surface area contributed by atoms with Crippen LogP contribution in [-0.4, -0.2) is 0 Å². The SMILES string of the molecule is CC(Cc1cc(C(C)(C)C)c(C(C)(C)C)c(C(C)(C)C)c1C(C)(C)C)c1ccc(C(C)(C)C)c(C(C)(C)C)c1C(C)(C)C. The maximum Gasteiger partial charge on any atom is -0.0126 e. The highest BCUT2D eigenvalue weighted by Crippen LogP contribution is 2.49. The summed E-state index contributed by atoms with van der Waals surface area (Å²) in [6.45, 7) is 53.2. The van der Waals surface area contributed by atoms with Gasteiger partial charge in [0.1, 0.15) is 0 Å². The van der Waals surface area contributed by atoms with Crippen molar-refractivity contribution in [3.8, 4) is 0 Å². The summed E-state index contributed by atoms with van der Waals surface area (Å²) >= 11 is 0. The van der Waals surface area contributed by atoms with Crippen LogP contribution < -0.4 is 0 Å². The van der Waals surface area contributed by atoms with Crippen LogP contribution in [0.15, 0.2) is 18.2 Å². The van der Waals surface area contributed by atoms with Crippen molar-refractivity contribution in [3.63, 3.8) is 0 Å². The topological polar surface area (TPSA) is 0 Å². The van der Waals surface area contributed by atoms with Gasteiger partial charge in [-0.15, -0.1) is 0 Å². The van der Waals surface area contributed by atoms with Crippen molar-refractivity contribution in [3.05, 3.63) is 68.3 Å². The molecule has 244 valence electrons. The minimum absolute atomic E-state index is 0.0353. The van der Waals surface area contributed by atoms with Gasteiger partial charge in [-0.3, -0.25) is 0 Å². The molecule has 0 saturated carbocycles. The lowest BCUT2D eigenvalue weighted by Gasteiger charge is -2.42. The summed E-state index contributed by atoms with van der Waals surface area (Å²) < 4.78 is 0. The third-order valence-corrected chi connectivity index (χ3v) is 9.07. The van der Waals surface area contributed by atoms with Crippen LogP contribution in [0.25, 0.3) is 0 Å². The normalized spacial score (nSPS) is 15.2. The smallest absolute Gasteiger partial charge is 0.0126 e. The summed E-state index contributed by atoms with van der Waals surface area (Å²) in [5, 5.41) is 0. The molecule has 0 nitrogen and oxygen atoms in total. The fourth-order valence-electron chi connectivity index (χ4n) is 7.56. The maximum absolute atomic E-state index is 2.64. The van der Waals surface area contributed by atoms with E-state index in [0.717, 1.165) is 6.42 Å². The van der Waals surface area contributed by atoms with Gasteiger partial charge in [-0.05, 0) is 100 Å². The van der Waals surface area contributed by atoms with Gasteiger partial charge in [-0.1, -0.05) is 171 Å². The molecule has 0 aliphatic carbocycles. The molecule has 0 fully saturated rings. The van der Waals surface area contributed by atoms with Crippen LogP contribution in [0, 0.1) is 0 Å². The summed E-state index contributed by atoms with van der Waals surface area (Å²) in [5.74, 6) is 0.395. The molecule has 0 N–H and O–H groups in total. The lowest BCUT2D eigenvalue weighted by Crippen LogP contribution is -2.33. The Morgan fingerprint density at radius 1 is 0.395 bits per heavy atom. The van der Waals surface area contributed by atoms with Gasteiger partial charge < -0.3 is 0 Å². The highest BCUT2D eigenvalue weighted by atomic mass is 14.4. The molecule has 43 heavy (non-hydrogen) atoms. The molecule has 0 heteroatoms.